The summed E-state index contributed by atoms with van der Waals surface area (Å²) < 4.78 is 5.16. The maximum absolute atomic E-state index is 5.43. The second-order valence-electron chi connectivity index (χ2n) is 4.66. The molecule has 1 aliphatic rings. The third kappa shape index (κ3) is 10.5. The van der Waals surface area contributed by atoms with Crippen molar-refractivity contribution in [1.82, 2.24) is 4.90 Å². The first-order valence-corrected chi connectivity index (χ1v) is 7.26. The summed E-state index contributed by atoms with van der Waals surface area (Å²) >= 11 is 0. The molecule has 1 aromatic carbocycles. The molecule has 0 spiro atoms. The molecule has 0 amide bonds. The van der Waals surface area contributed by atoms with Gasteiger partial charge in [-0.25, -0.2) is 0 Å². The van der Waals surface area contributed by atoms with E-state index in [4.69, 9.17) is 10.5 Å². The average molecular weight is 266 g/mol. The van der Waals surface area contributed by atoms with Gasteiger partial charge in [-0.1, -0.05) is 44.9 Å². The van der Waals surface area contributed by atoms with Gasteiger partial charge in [0.2, 0.25) is 0 Å². The zero-order chi connectivity index (χ0) is 14.5. The molecule has 2 N–H and O–H groups in total. The van der Waals surface area contributed by atoms with E-state index in [9.17, 15) is 0 Å². The van der Waals surface area contributed by atoms with Crippen LogP contribution in [0.2, 0.25) is 0 Å². The summed E-state index contributed by atoms with van der Waals surface area (Å²) in [6.45, 7) is 13.7. The summed E-state index contributed by atoms with van der Waals surface area (Å²) in [6, 6.07) is 7.79. The van der Waals surface area contributed by atoms with Crippen molar-refractivity contribution in [3.05, 3.63) is 29.8 Å². The summed E-state index contributed by atoms with van der Waals surface area (Å²) in [7, 11) is 0. The summed E-state index contributed by atoms with van der Waals surface area (Å²) in [5, 5.41) is 0. The summed E-state index contributed by atoms with van der Waals surface area (Å²) in [6.07, 6.45) is 1.25. The van der Waals surface area contributed by atoms with Crippen molar-refractivity contribution >= 4 is 5.69 Å². The van der Waals surface area contributed by atoms with Gasteiger partial charge in [0, 0.05) is 18.8 Å². The van der Waals surface area contributed by atoms with Gasteiger partial charge in [-0.05, 0) is 25.6 Å². The monoisotopic (exact) mass is 266 g/mol. The first-order valence-electron chi connectivity index (χ1n) is 7.26. The van der Waals surface area contributed by atoms with Crippen LogP contribution >= 0.6 is 0 Å². The Balaban J connectivity index is 0.000000284. The second-order valence-corrected chi connectivity index (χ2v) is 4.66. The molecule has 1 aliphatic heterocycles. The van der Waals surface area contributed by atoms with E-state index in [-0.39, 0.29) is 0 Å². The third-order valence-electron chi connectivity index (χ3n) is 2.63. The van der Waals surface area contributed by atoms with Gasteiger partial charge in [0.25, 0.3) is 0 Å². The normalized spacial score (nSPS) is 14.7. The Morgan fingerprint density at radius 2 is 1.53 bits per heavy atom. The number of ether oxygens (including phenoxy) is 1. The Labute approximate surface area is 118 Å². The fourth-order valence-electron chi connectivity index (χ4n) is 1.48. The van der Waals surface area contributed by atoms with E-state index in [0.29, 0.717) is 0 Å². The third-order valence-corrected chi connectivity index (χ3v) is 2.63. The van der Waals surface area contributed by atoms with E-state index in [1.54, 1.807) is 0 Å². The molecule has 19 heavy (non-hydrogen) atoms. The Hall–Kier alpha value is -1.06. The number of rotatable bonds is 1. The fourth-order valence-corrected chi connectivity index (χ4v) is 1.48. The minimum Gasteiger partial charge on any atom is -0.399 e. The van der Waals surface area contributed by atoms with Gasteiger partial charge in [-0.3, -0.25) is 4.90 Å². The van der Waals surface area contributed by atoms with E-state index in [2.05, 4.69) is 25.7 Å². The Morgan fingerprint density at radius 1 is 1.05 bits per heavy atom. The number of nitrogens with zero attached hydrogens (tertiary/aromatic N) is 1. The maximum Gasteiger partial charge on any atom is 0.0594 e. The number of nitrogen functional groups attached to an aromatic ring is 1. The van der Waals surface area contributed by atoms with E-state index in [1.807, 2.05) is 31.2 Å². The first-order chi connectivity index (χ1) is 9.13. The molecule has 1 fully saturated rings. The van der Waals surface area contributed by atoms with Crippen molar-refractivity contribution < 1.29 is 4.74 Å². The van der Waals surface area contributed by atoms with Crippen LogP contribution in [0.1, 0.15) is 32.8 Å². The topological polar surface area (TPSA) is 38.5 Å². The number of nitrogens with two attached hydrogens (primary N) is 1. The number of hydrogen-bond acceptors (Lipinski definition) is 3. The smallest absolute Gasteiger partial charge is 0.0594 e. The molecule has 3 nitrogen and oxygen atoms in total. The molecule has 0 atom stereocenters. The predicted molar refractivity (Wildman–Crippen MR) is 84.5 cm³/mol. The lowest BCUT2D eigenvalue weighted by Gasteiger charge is -2.24. The lowest BCUT2D eigenvalue weighted by Crippen LogP contribution is -2.35. The number of morpholine rings is 1. The van der Waals surface area contributed by atoms with Gasteiger partial charge in [0.1, 0.15) is 0 Å². The average Bonchev–Trinajstić information content (AvgIpc) is 2.45. The van der Waals surface area contributed by atoms with E-state index >= 15 is 0 Å². The molecule has 1 heterocycles. The van der Waals surface area contributed by atoms with Crippen LogP contribution in [0.15, 0.2) is 24.3 Å². The standard InChI is InChI=1S/C7H9N.C6H13NO.C3H8/c1-6-2-4-7(8)5-3-6;1-2-7-3-5-8-6-4-7;1-3-2/h2-5H,8H2,1H3;2-6H2,1H3;3H2,1-2H3. The molecule has 0 radical (unpaired) electrons. The number of hydrogen-bond donors (Lipinski definition) is 1. The molecule has 1 aromatic rings. The van der Waals surface area contributed by atoms with Crippen LogP contribution in [0.25, 0.3) is 0 Å². The Bertz CT molecular complexity index is 271. The van der Waals surface area contributed by atoms with Gasteiger partial charge in [-0.2, -0.15) is 0 Å². The molecule has 0 aliphatic carbocycles. The molecule has 1 saturated heterocycles. The van der Waals surface area contributed by atoms with E-state index in [0.717, 1.165) is 32.0 Å². The zero-order valence-electron chi connectivity index (χ0n) is 13.0. The van der Waals surface area contributed by atoms with Crippen LogP contribution in [0.3, 0.4) is 0 Å². The molecule has 0 aromatic heterocycles. The van der Waals surface area contributed by atoms with Gasteiger partial charge in [0.15, 0.2) is 0 Å². The van der Waals surface area contributed by atoms with Gasteiger partial charge in [-0.15, -0.1) is 0 Å². The van der Waals surface area contributed by atoms with E-state index < -0.39 is 0 Å². The lowest BCUT2D eigenvalue weighted by atomic mass is 10.2. The SMILES string of the molecule is CCC.CCN1CCOCC1.Cc1ccc(N)cc1. The molecular formula is C16H30N2O. The largest absolute Gasteiger partial charge is 0.399 e. The van der Waals surface area contributed by atoms with Crippen LogP contribution in [0.5, 0.6) is 0 Å². The van der Waals surface area contributed by atoms with Crippen LogP contribution in [-0.2, 0) is 4.74 Å². The van der Waals surface area contributed by atoms with Gasteiger partial charge < -0.3 is 10.5 Å². The highest BCUT2D eigenvalue weighted by Crippen LogP contribution is 2.02. The van der Waals surface area contributed by atoms with Gasteiger partial charge >= 0.3 is 0 Å². The Morgan fingerprint density at radius 3 is 1.84 bits per heavy atom. The summed E-state index contributed by atoms with van der Waals surface area (Å²) in [4.78, 5) is 2.39. The molecule has 0 saturated carbocycles. The number of anilines is 1. The van der Waals surface area contributed by atoms with Gasteiger partial charge in [0.05, 0.1) is 13.2 Å². The zero-order valence-corrected chi connectivity index (χ0v) is 13.0. The quantitative estimate of drug-likeness (QED) is 0.792. The molecule has 110 valence electrons. The second kappa shape index (κ2) is 12.0. The Kier molecular flexibility index (Phi) is 11.3. The van der Waals surface area contributed by atoms with Crippen LogP contribution in [-0.4, -0.2) is 37.7 Å². The molecule has 0 bridgehead atoms. The fraction of sp³-hybridized carbons (Fsp3) is 0.625. The highest BCUT2D eigenvalue weighted by molar-refractivity contribution is 5.38. The van der Waals surface area contributed by atoms with Crippen LogP contribution < -0.4 is 5.73 Å². The summed E-state index contributed by atoms with van der Waals surface area (Å²) in [5.74, 6) is 0. The number of benzene rings is 1. The van der Waals surface area contributed by atoms with Crippen molar-refractivity contribution in [3.63, 3.8) is 0 Å². The first kappa shape index (κ1) is 17.9. The molecule has 3 heteroatoms. The molecular weight excluding hydrogens is 236 g/mol. The van der Waals surface area contributed by atoms with Crippen molar-refractivity contribution in [3.8, 4) is 0 Å². The lowest BCUT2D eigenvalue weighted by molar-refractivity contribution is 0.0405. The minimum atomic E-state index is 0.829. The van der Waals surface area contributed by atoms with Crippen LogP contribution in [0.4, 0.5) is 5.69 Å². The molecule has 0 unspecified atom stereocenters. The van der Waals surface area contributed by atoms with Crippen LogP contribution in [0, 0.1) is 6.92 Å². The predicted octanol–water partition coefficient (Wildman–Crippen LogP) is 3.33. The highest BCUT2D eigenvalue weighted by atomic mass is 16.5. The minimum absolute atomic E-state index is 0.829. The van der Waals surface area contributed by atoms with Crippen molar-refractivity contribution in [2.45, 2.75) is 34.1 Å². The van der Waals surface area contributed by atoms with Crippen molar-refractivity contribution in [1.29, 1.82) is 0 Å². The van der Waals surface area contributed by atoms with E-state index in [1.165, 1.54) is 18.5 Å². The molecule has 2 rings (SSSR count). The highest BCUT2D eigenvalue weighted by Gasteiger charge is 2.05. The number of likely N-dealkylation sites (N-methyl/N-ethyl adjacent to an activating group) is 1. The van der Waals surface area contributed by atoms with Crippen molar-refractivity contribution in [2.75, 3.05) is 38.6 Å². The number of aryl methyl sites for hydroxylation is 1. The summed E-state index contributed by atoms with van der Waals surface area (Å²) in [5.41, 5.74) is 7.51. The van der Waals surface area contributed by atoms with Crippen molar-refractivity contribution in [2.24, 2.45) is 0 Å². The maximum atomic E-state index is 5.43.